The zero-order valence-electron chi connectivity index (χ0n) is 15.9. The van der Waals surface area contributed by atoms with Gasteiger partial charge in [-0.1, -0.05) is 6.07 Å². The highest BCUT2D eigenvalue weighted by atomic mass is 32.1. The van der Waals surface area contributed by atoms with Gasteiger partial charge in [0.2, 0.25) is 11.9 Å². The minimum absolute atomic E-state index is 0.0738. The molecular weight excluding hydrogens is 417 g/mol. The second-order valence-electron chi connectivity index (χ2n) is 6.73. The summed E-state index contributed by atoms with van der Waals surface area (Å²) in [4.78, 5) is 23.5. The smallest absolute Gasteiger partial charge is 0.370 e. The molecule has 0 saturated heterocycles. The van der Waals surface area contributed by atoms with Crippen LogP contribution >= 0.6 is 11.3 Å². The molecule has 0 saturated carbocycles. The lowest BCUT2D eigenvalue weighted by molar-refractivity contribution is -0.141. The number of aryl methyl sites for hydroxylation is 1. The van der Waals surface area contributed by atoms with E-state index in [4.69, 9.17) is 11.5 Å². The normalized spacial score (nSPS) is 12.6. The number of carbonyl (C=O) groups excluding carboxylic acids is 1. The number of rotatable bonds is 7. The Balaban J connectivity index is 1.80. The molecule has 2 aromatic heterocycles. The van der Waals surface area contributed by atoms with Crippen LogP contribution in [0.25, 0.3) is 10.4 Å². The van der Waals surface area contributed by atoms with E-state index in [1.807, 2.05) is 13.0 Å². The predicted molar refractivity (Wildman–Crippen MR) is 108 cm³/mol. The average Bonchev–Trinajstić information content (AvgIpc) is 3.08. The van der Waals surface area contributed by atoms with E-state index in [1.54, 1.807) is 18.3 Å². The highest BCUT2D eigenvalue weighted by Gasteiger charge is 2.32. The van der Waals surface area contributed by atoms with Gasteiger partial charge in [0, 0.05) is 37.0 Å². The number of primary amides is 1. The van der Waals surface area contributed by atoms with Crippen LogP contribution in [0.5, 0.6) is 0 Å². The Labute approximate surface area is 174 Å². The highest BCUT2D eigenvalue weighted by Crippen LogP contribution is 2.31. The van der Waals surface area contributed by atoms with Gasteiger partial charge in [-0.05, 0) is 36.2 Å². The minimum Gasteiger partial charge on any atom is -0.370 e. The van der Waals surface area contributed by atoms with Crippen molar-refractivity contribution in [2.24, 2.45) is 11.5 Å². The Bertz CT molecular complexity index is 1050. The van der Waals surface area contributed by atoms with Gasteiger partial charge in [0.25, 0.3) is 0 Å². The number of nitrogens with one attached hydrogen (secondary N) is 1. The summed E-state index contributed by atoms with van der Waals surface area (Å²) in [6.45, 7) is 1.87. The molecule has 1 unspecified atom stereocenters. The topological polar surface area (TPSA) is 120 Å². The zero-order valence-corrected chi connectivity index (χ0v) is 16.7. The average molecular weight is 436 g/mol. The number of nitrogens with zero attached hydrogens (tertiary/aromatic N) is 3. The molecule has 5 N–H and O–H groups in total. The van der Waals surface area contributed by atoms with Gasteiger partial charge in [0.05, 0.1) is 9.88 Å². The number of halogens is 3. The van der Waals surface area contributed by atoms with Gasteiger partial charge in [0.15, 0.2) is 0 Å². The molecular formula is C19H19F3N6OS. The Morgan fingerprint density at radius 2 is 2.03 bits per heavy atom. The van der Waals surface area contributed by atoms with E-state index >= 15 is 0 Å². The Morgan fingerprint density at radius 3 is 2.73 bits per heavy atom. The standard InChI is InChI=1S/C19H19F3N6OS/c1-10-4-11(14-9-26-17(30-14)8-12(23)7-16(24)29)6-13(5-10)27-18-25-3-2-15(28-18)19(20,21)22/h2-6,9,12H,7-8,23H2,1H3,(H2,24,29)(H,25,27,28). The monoisotopic (exact) mass is 436 g/mol. The van der Waals surface area contributed by atoms with Gasteiger partial charge >= 0.3 is 6.18 Å². The summed E-state index contributed by atoms with van der Waals surface area (Å²) in [5, 5.41) is 3.58. The lowest BCUT2D eigenvalue weighted by atomic mass is 10.1. The van der Waals surface area contributed by atoms with Crippen molar-refractivity contribution < 1.29 is 18.0 Å². The van der Waals surface area contributed by atoms with E-state index in [1.165, 1.54) is 11.3 Å². The molecule has 1 atom stereocenters. The number of hydrogen-bond acceptors (Lipinski definition) is 7. The largest absolute Gasteiger partial charge is 0.433 e. The lowest BCUT2D eigenvalue weighted by Gasteiger charge is -2.10. The number of aromatic nitrogens is 3. The predicted octanol–water partition coefficient (Wildman–Crippen LogP) is 3.42. The van der Waals surface area contributed by atoms with Crippen LogP contribution in [0.2, 0.25) is 0 Å². The first-order chi connectivity index (χ1) is 14.1. The van der Waals surface area contributed by atoms with E-state index in [0.717, 1.165) is 33.3 Å². The van der Waals surface area contributed by atoms with E-state index in [-0.39, 0.29) is 12.4 Å². The van der Waals surface area contributed by atoms with Crippen molar-refractivity contribution in [1.82, 2.24) is 15.0 Å². The molecule has 7 nitrogen and oxygen atoms in total. The fraction of sp³-hybridized carbons (Fsp3) is 0.263. The van der Waals surface area contributed by atoms with Crippen LogP contribution in [0, 0.1) is 6.92 Å². The second-order valence-corrected chi connectivity index (χ2v) is 7.84. The maximum Gasteiger partial charge on any atom is 0.433 e. The number of nitrogens with two attached hydrogens (primary N) is 2. The van der Waals surface area contributed by atoms with Crippen molar-refractivity contribution in [2.45, 2.75) is 32.0 Å². The molecule has 158 valence electrons. The van der Waals surface area contributed by atoms with Crippen LogP contribution in [-0.2, 0) is 17.4 Å². The Morgan fingerprint density at radius 1 is 1.27 bits per heavy atom. The van der Waals surface area contributed by atoms with E-state index < -0.39 is 23.8 Å². The molecule has 1 amide bonds. The first-order valence-corrected chi connectivity index (χ1v) is 9.69. The van der Waals surface area contributed by atoms with E-state index in [9.17, 15) is 18.0 Å². The summed E-state index contributed by atoms with van der Waals surface area (Å²) in [6, 6.07) is 5.89. The van der Waals surface area contributed by atoms with Crippen LogP contribution in [0.3, 0.4) is 0 Å². The lowest BCUT2D eigenvalue weighted by Crippen LogP contribution is -2.29. The maximum absolute atomic E-state index is 12.9. The number of benzene rings is 1. The van der Waals surface area contributed by atoms with Gasteiger partial charge in [-0.25, -0.2) is 15.0 Å². The van der Waals surface area contributed by atoms with Crippen LogP contribution in [0.4, 0.5) is 24.8 Å². The quantitative estimate of drug-likeness (QED) is 0.522. The van der Waals surface area contributed by atoms with Gasteiger partial charge in [-0.3, -0.25) is 4.79 Å². The number of alkyl halides is 3. The second kappa shape index (κ2) is 8.76. The fourth-order valence-electron chi connectivity index (χ4n) is 2.80. The zero-order chi connectivity index (χ0) is 21.9. The maximum atomic E-state index is 12.9. The summed E-state index contributed by atoms with van der Waals surface area (Å²) >= 11 is 1.42. The van der Waals surface area contributed by atoms with Gasteiger partial charge in [-0.2, -0.15) is 13.2 Å². The van der Waals surface area contributed by atoms with Crippen molar-refractivity contribution in [2.75, 3.05) is 5.32 Å². The summed E-state index contributed by atoms with van der Waals surface area (Å²) in [6.07, 6.45) is -1.31. The molecule has 3 aromatic rings. The van der Waals surface area contributed by atoms with Crippen molar-refractivity contribution in [3.8, 4) is 10.4 Å². The molecule has 30 heavy (non-hydrogen) atoms. The molecule has 3 rings (SSSR count). The molecule has 0 aliphatic carbocycles. The molecule has 0 spiro atoms. The van der Waals surface area contributed by atoms with E-state index in [2.05, 4.69) is 20.3 Å². The van der Waals surface area contributed by atoms with Crippen molar-refractivity contribution >= 4 is 28.9 Å². The third-order valence-corrected chi connectivity index (χ3v) is 5.09. The molecule has 0 fully saturated rings. The van der Waals surface area contributed by atoms with Gasteiger partial charge in [0.1, 0.15) is 5.69 Å². The first-order valence-electron chi connectivity index (χ1n) is 8.88. The number of thiazole rings is 1. The molecule has 0 aliphatic rings. The van der Waals surface area contributed by atoms with Crippen molar-refractivity contribution in [1.29, 1.82) is 0 Å². The molecule has 0 aliphatic heterocycles. The Hall–Kier alpha value is -3.05. The van der Waals surface area contributed by atoms with Crippen LogP contribution in [-0.4, -0.2) is 26.9 Å². The summed E-state index contributed by atoms with van der Waals surface area (Å²) in [7, 11) is 0. The molecule has 0 radical (unpaired) electrons. The van der Waals surface area contributed by atoms with Gasteiger partial charge in [-0.15, -0.1) is 11.3 Å². The fourth-order valence-corrected chi connectivity index (χ4v) is 3.79. The summed E-state index contributed by atoms with van der Waals surface area (Å²) in [5.74, 6) is -0.616. The van der Waals surface area contributed by atoms with Crippen molar-refractivity contribution in [3.63, 3.8) is 0 Å². The highest BCUT2D eigenvalue weighted by molar-refractivity contribution is 7.15. The summed E-state index contributed by atoms with van der Waals surface area (Å²) < 4.78 is 38.6. The number of anilines is 2. The van der Waals surface area contributed by atoms with Crippen LogP contribution < -0.4 is 16.8 Å². The minimum atomic E-state index is -4.55. The first kappa shape index (κ1) is 21.7. The SMILES string of the molecule is Cc1cc(Nc2nccc(C(F)(F)F)n2)cc(-c2cnc(CC(N)CC(N)=O)s2)c1. The number of carbonyl (C=O) groups is 1. The number of amides is 1. The Kier molecular flexibility index (Phi) is 6.32. The molecule has 2 heterocycles. The van der Waals surface area contributed by atoms with Crippen LogP contribution in [0.15, 0.2) is 36.7 Å². The summed E-state index contributed by atoms with van der Waals surface area (Å²) in [5.41, 5.74) is 12.3. The van der Waals surface area contributed by atoms with E-state index in [0.29, 0.717) is 12.1 Å². The molecule has 1 aromatic carbocycles. The third kappa shape index (κ3) is 5.74. The van der Waals surface area contributed by atoms with Crippen molar-refractivity contribution in [3.05, 3.63) is 52.9 Å². The molecule has 11 heteroatoms. The van der Waals surface area contributed by atoms with Crippen LogP contribution in [0.1, 0.15) is 22.7 Å². The third-order valence-electron chi connectivity index (χ3n) is 4.02. The van der Waals surface area contributed by atoms with Gasteiger partial charge < -0.3 is 16.8 Å². The molecule has 0 bridgehead atoms. The number of hydrogen-bond donors (Lipinski definition) is 3.